The van der Waals surface area contributed by atoms with E-state index in [2.05, 4.69) is 53.3 Å². The molecular formula is C21H27N3O. The van der Waals surface area contributed by atoms with Crippen LogP contribution in [0.3, 0.4) is 0 Å². The normalized spacial score (nSPS) is 15.1. The molecular weight excluding hydrogens is 310 g/mol. The zero-order valence-electron chi connectivity index (χ0n) is 15.2. The number of nitrogens with one attached hydrogen (secondary N) is 1. The summed E-state index contributed by atoms with van der Waals surface area (Å²) in [5.41, 5.74) is 4.00. The van der Waals surface area contributed by atoms with Crippen molar-refractivity contribution in [3.05, 3.63) is 53.9 Å². The Kier molecular flexibility index (Phi) is 5.82. The predicted octanol–water partition coefficient (Wildman–Crippen LogP) is 3.66. The molecule has 1 aromatic carbocycles. The smallest absolute Gasteiger partial charge is 0.255 e. The van der Waals surface area contributed by atoms with E-state index in [0.717, 1.165) is 50.0 Å². The van der Waals surface area contributed by atoms with Crippen LogP contribution in [0.15, 0.2) is 42.7 Å². The van der Waals surface area contributed by atoms with Crippen molar-refractivity contribution in [1.29, 1.82) is 0 Å². The molecule has 0 bridgehead atoms. The third-order valence-electron chi connectivity index (χ3n) is 4.84. The molecule has 1 aliphatic rings. The van der Waals surface area contributed by atoms with Crippen molar-refractivity contribution in [1.82, 2.24) is 15.2 Å². The summed E-state index contributed by atoms with van der Waals surface area (Å²) < 4.78 is 0. The van der Waals surface area contributed by atoms with Gasteiger partial charge in [-0.3, -0.25) is 9.78 Å². The number of piperidine rings is 1. The topological polar surface area (TPSA) is 45.2 Å². The molecule has 0 atom stereocenters. The first-order chi connectivity index (χ1) is 12.2. The van der Waals surface area contributed by atoms with Crippen LogP contribution in [0, 0.1) is 6.92 Å². The van der Waals surface area contributed by atoms with E-state index in [9.17, 15) is 4.79 Å². The second-order valence-corrected chi connectivity index (χ2v) is 6.81. The van der Waals surface area contributed by atoms with Gasteiger partial charge in [0.1, 0.15) is 0 Å². The molecule has 0 radical (unpaired) electrons. The average Bonchev–Trinajstić information content (AvgIpc) is 2.67. The Hall–Kier alpha value is -2.20. The van der Waals surface area contributed by atoms with Gasteiger partial charge in [0.15, 0.2) is 0 Å². The van der Waals surface area contributed by atoms with Gasteiger partial charge in [0.25, 0.3) is 5.91 Å². The Labute approximate surface area is 150 Å². The lowest BCUT2D eigenvalue weighted by atomic mass is 10.0. The van der Waals surface area contributed by atoms with E-state index in [1.54, 1.807) is 6.20 Å². The summed E-state index contributed by atoms with van der Waals surface area (Å²) in [7, 11) is 0. The Morgan fingerprint density at radius 2 is 1.88 bits per heavy atom. The number of hydrogen-bond acceptors (Lipinski definition) is 3. The van der Waals surface area contributed by atoms with Gasteiger partial charge in [-0.1, -0.05) is 36.8 Å². The van der Waals surface area contributed by atoms with Crippen molar-refractivity contribution in [3.63, 3.8) is 0 Å². The monoisotopic (exact) mass is 337 g/mol. The van der Waals surface area contributed by atoms with E-state index in [1.165, 1.54) is 5.56 Å². The first-order valence-corrected chi connectivity index (χ1v) is 9.23. The molecule has 1 aliphatic heterocycles. The van der Waals surface area contributed by atoms with Crippen molar-refractivity contribution in [2.75, 3.05) is 19.6 Å². The summed E-state index contributed by atoms with van der Waals surface area (Å²) in [5.74, 6) is 0.107. The second-order valence-electron chi connectivity index (χ2n) is 6.81. The zero-order chi connectivity index (χ0) is 17.6. The fourth-order valence-electron chi connectivity index (χ4n) is 3.44. The maximum Gasteiger partial charge on any atom is 0.255 e. The lowest BCUT2D eigenvalue weighted by Crippen LogP contribution is -2.46. The number of pyridine rings is 1. The van der Waals surface area contributed by atoms with Crippen LogP contribution in [0.5, 0.6) is 0 Å². The zero-order valence-corrected chi connectivity index (χ0v) is 15.2. The van der Waals surface area contributed by atoms with Crippen LogP contribution >= 0.6 is 0 Å². The highest BCUT2D eigenvalue weighted by Crippen LogP contribution is 2.22. The number of nitrogens with zero attached hydrogens (tertiary/aromatic N) is 2. The molecule has 0 unspecified atom stereocenters. The van der Waals surface area contributed by atoms with Crippen LogP contribution in [0.1, 0.15) is 42.1 Å². The summed E-state index contributed by atoms with van der Waals surface area (Å²) in [4.78, 5) is 19.5. The first kappa shape index (κ1) is 17.6. The van der Waals surface area contributed by atoms with Crippen LogP contribution in [-0.2, 0) is 0 Å². The minimum absolute atomic E-state index is 0.107. The molecule has 1 saturated heterocycles. The number of aromatic nitrogens is 1. The van der Waals surface area contributed by atoms with Crippen LogP contribution in [-0.4, -0.2) is 41.5 Å². The van der Waals surface area contributed by atoms with Gasteiger partial charge in [0.05, 0.1) is 5.56 Å². The van der Waals surface area contributed by atoms with E-state index in [-0.39, 0.29) is 5.91 Å². The second kappa shape index (κ2) is 8.26. The van der Waals surface area contributed by atoms with Gasteiger partial charge in [-0.15, -0.1) is 0 Å². The van der Waals surface area contributed by atoms with Crippen molar-refractivity contribution in [2.24, 2.45) is 0 Å². The molecule has 2 aromatic rings. The molecule has 1 N–H and O–H groups in total. The van der Waals surface area contributed by atoms with Crippen molar-refractivity contribution in [2.45, 2.75) is 39.2 Å². The van der Waals surface area contributed by atoms with Gasteiger partial charge < -0.3 is 10.2 Å². The predicted molar refractivity (Wildman–Crippen MR) is 102 cm³/mol. The van der Waals surface area contributed by atoms with E-state index >= 15 is 0 Å². The van der Waals surface area contributed by atoms with Crippen molar-refractivity contribution >= 4 is 5.91 Å². The Bertz CT molecular complexity index is 705. The van der Waals surface area contributed by atoms with Gasteiger partial charge in [-0.25, -0.2) is 0 Å². The SMILES string of the molecule is CCCN(C(=O)c1cncc(-c2ccc(C)cc2)c1)C1CCNCC1. The molecule has 1 aromatic heterocycles. The molecule has 4 nitrogen and oxygen atoms in total. The first-order valence-electron chi connectivity index (χ1n) is 9.23. The van der Waals surface area contributed by atoms with Gasteiger partial charge in [0.2, 0.25) is 0 Å². The number of carbonyl (C=O) groups is 1. The number of benzene rings is 1. The van der Waals surface area contributed by atoms with Crippen molar-refractivity contribution in [3.8, 4) is 11.1 Å². The van der Waals surface area contributed by atoms with E-state index in [4.69, 9.17) is 0 Å². The van der Waals surface area contributed by atoms with E-state index in [1.807, 2.05) is 12.3 Å². The summed E-state index contributed by atoms with van der Waals surface area (Å²) in [6.07, 6.45) is 6.55. The minimum atomic E-state index is 0.107. The summed E-state index contributed by atoms with van der Waals surface area (Å²) in [6, 6.07) is 10.6. The lowest BCUT2D eigenvalue weighted by Gasteiger charge is -2.34. The number of aryl methyl sites for hydroxylation is 1. The van der Waals surface area contributed by atoms with Gasteiger partial charge in [0, 0.05) is 30.5 Å². The fourth-order valence-corrected chi connectivity index (χ4v) is 3.44. The molecule has 132 valence electrons. The Balaban J connectivity index is 1.84. The maximum atomic E-state index is 13.1. The molecule has 0 saturated carbocycles. The summed E-state index contributed by atoms with van der Waals surface area (Å²) in [6.45, 7) is 6.98. The summed E-state index contributed by atoms with van der Waals surface area (Å²) in [5, 5.41) is 3.38. The number of rotatable bonds is 5. The molecule has 0 aliphatic carbocycles. The Morgan fingerprint density at radius 3 is 2.56 bits per heavy atom. The van der Waals surface area contributed by atoms with E-state index in [0.29, 0.717) is 11.6 Å². The third-order valence-corrected chi connectivity index (χ3v) is 4.84. The molecule has 2 heterocycles. The van der Waals surface area contributed by atoms with Crippen molar-refractivity contribution < 1.29 is 4.79 Å². The highest BCUT2D eigenvalue weighted by molar-refractivity contribution is 5.95. The number of carbonyl (C=O) groups excluding carboxylic acids is 1. The molecule has 0 spiro atoms. The quantitative estimate of drug-likeness (QED) is 0.905. The number of hydrogen-bond donors (Lipinski definition) is 1. The molecule has 3 rings (SSSR count). The highest BCUT2D eigenvalue weighted by Gasteiger charge is 2.25. The fraction of sp³-hybridized carbons (Fsp3) is 0.429. The van der Waals surface area contributed by atoms with Crippen LogP contribution in [0.25, 0.3) is 11.1 Å². The third kappa shape index (κ3) is 4.26. The summed E-state index contributed by atoms with van der Waals surface area (Å²) >= 11 is 0. The minimum Gasteiger partial charge on any atom is -0.336 e. The van der Waals surface area contributed by atoms with Crippen LogP contribution < -0.4 is 5.32 Å². The number of amides is 1. The standard InChI is InChI=1S/C21H27N3O/c1-3-12-24(20-8-10-22-11-9-20)21(25)19-13-18(14-23-15-19)17-6-4-16(2)5-7-17/h4-7,13-15,20,22H,3,8-12H2,1-2H3. The molecule has 4 heteroatoms. The lowest BCUT2D eigenvalue weighted by molar-refractivity contribution is 0.0642. The average molecular weight is 337 g/mol. The van der Waals surface area contributed by atoms with Gasteiger partial charge in [-0.2, -0.15) is 0 Å². The molecule has 1 amide bonds. The van der Waals surface area contributed by atoms with Crippen LogP contribution in [0.4, 0.5) is 0 Å². The van der Waals surface area contributed by atoms with E-state index < -0.39 is 0 Å². The largest absolute Gasteiger partial charge is 0.336 e. The van der Waals surface area contributed by atoms with Crippen LogP contribution in [0.2, 0.25) is 0 Å². The molecule has 1 fully saturated rings. The van der Waals surface area contributed by atoms with Gasteiger partial charge >= 0.3 is 0 Å². The Morgan fingerprint density at radius 1 is 1.16 bits per heavy atom. The maximum absolute atomic E-state index is 13.1. The van der Waals surface area contributed by atoms with Gasteiger partial charge in [-0.05, 0) is 50.9 Å². The highest BCUT2D eigenvalue weighted by atomic mass is 16.2. The molecule has 25 heavy (non-hydrogen) atoms.